The van der Waals surface area contributed by atoms with Crippen molar-refractivity contribution >= 4 is 22.7 Å². The number of rotatable bonds is 4. The van der Waals surface area contributed by atoms with Gasteiger partial charge in [-0.3, -0.25) is 0 Å². The van der Waals surface area contributed by atoms with Crippen LogP contribution in [0.2, 0.25) is 0 Å². The highest BCUT2D eigenvalue weighted by atomic mass is 32.1. The van der Waals surface area contributed by atoms with Crippen LogP contribution < -0.4 is 10.2 Å². The van der Waals surface area contributed by atoms with E-state index in [1.54, 1.807) is 4.88 Å². The number of thiophene rings is 1. The lowest BCUT2D eigenvalue weighted by Gasteiger charge is -2.30. The molecule has 0 fully saturated rings. The van der Waals surface area contributed by atoms with Crippen molar-refractivity contribution in [3.05, 3.63) is 70.6 Å². The molecule has 0 aliphatic carbocycles. The van der Waals surface area contributed by atoms with E-state index in [1.165, 1.54) is 28.1 Å². The molecule has 24 heavy (non-hydrogen) atoms. The molecule has 1 N–H and O–H groups in total. The van der Waals surface area contributed by atoms with Crippen molar-refractivity contribution in [3.8, 4) is 0 Å². The molecule has 0 spiro atoms. The van der Waals surface area contributed by atoms with E-state index in [-0.39, 0.29) is 0 Å². The Bertz CT molecular complexity index is 691. The van der Waals surface area contributed by atoms with Crippen LogP contribution >= 0.6 is 11.3 Å². The molecule has 0 amide bonds. The maximum Gasteiger partial charge on any atom is 0.0442 e. The average molecular weight is 341 g/mol. The predicted molar refractivity (Wildman–Crippen MR) is 109 cm³/mol. The zero-order chi connectivity index (χ0) is 17.7. The van der Waals surface area contributed by atoms with E-state index in [9.17, 15) is 0 Å². The van der Waals surface area contributed by atoms with E-state index < -0.39 is 0 Å². The molecule has 0 radical (unpaired) electrons. The molecule has 1 aliphatic rings. The van der Waals surface area contributed by atoms with E-state index in [1.807, 2.05) is 11.3 Å². The van der Waals surface area contributed by atoms with Gasteiger partial charge in [-0.2, -0.15) is 0 Å². The fraction of sp³-hybridized carbons (Fsp3) is 0.333. The lowest BCUT2D eigenvalue weighted by atomic mass is 10.0. The Balaban J connectivity index is 0.00000100. The number of aryl methyl sites for hydroxylation is 2. The number of hydrogen-bond acceptors (Lipinski definition) is 3. The number of hydrogen-bond donors (Lipinski definition) is 1. The van der Waals surface area contributed by atoms with Gasteiger partial charge in [0, 0.05) is 35.0 Å². The largest absolute Gasteiger partial charge is 0.367 e. The van der Waals surface area contributed by atoms with Gasteiger partial charge < -0.3 is 10.2 Å². The van der Waals surface area contributed by atoms with Gasteiger partial charge in [0.05, 0.1) is 0 Å². The van der Waals surface area contributed by atoms with Crippen LogP contribution in [0.4, 0.5) is 11.4 Å². The van der Waals surface area contributed by atoms with Crippen molar-refractivity contribution in [2.75, 3.05) is 16.8 Å². The van der Waals surface area contributed by atoms with Crippen molar-refractivity contribution in [3.63, 3.8) is 0 Å². The first-order valence-corrected chi connectivity index (χ1v) is 9.32. The highest BCUT2D eigenvalue weighted by molar-refractivity contribution is 7.10. The van der Waals surface area contributed by atoms with Crippen molar-refractivity contribution < 1.29 is 0 Å². The van der Waals surface area contributed by atoms with Gasteiger partial charge in [0.2, 0.25) is 0 Å². The van der Waals surface area contributed by atoms with E-state index >= 15 is 0 Å². The van der Waals surface area contributed by atoms with Crippen molar-refractivity contribution in [2.45, 2.75) is 40.2 Å². The topological polar surface area (TPSA) is 15.3 Å². The Kier molecular flexibility index (Phi) is 6.27. The van der Waals surface area contributed by atoms with Gasteiger partial charge in [-0.25, -0.2) is 0 Å². The molecule has 2 heterocycles. The lowest BCUT2D eigenvalue weighted by molar-refractivity contribution is 0.743. The molecule has 1 aromatic carbocycles. The smallest absolute Gasteiger partial charge is 0.0442 e. The fourth-order valence-electron chi connectivity index (χ4n) is 3.05. The molecule has 1 aliphatic heterocycles. The van der Waals surface area contributed by atoms with Crippen LogP contribution in [0.3, 0.4) is 0 Å². The van der Waals surface area contributed by atoms with Crippen molar-refractivity contribution in [2.24, 2.45) is 0 Å². The predicted octanol–water partition coefficient (Wildman–Crippen LogP) is 6.07. The highest BCUT2D eigenvalue weighted by Gasteiger charge is 2.18. The number of nitrogens with one attached hydrogen (secondary N) is 1. The Morgan fingerprint density at radius 2 is 1.92 bits per heavy atom. The summed E-state index contributed by atoms with van der Waals surface area (Å²) in [6, 6.07) is 6.87. The molecule has 2 aromatic rings. The molecule has 0 saturated carbocycles. The summed E-state index contributed by atoms with van der Waals surface area (Å²) in [6.45, 7) is 18.7. The third kappa shape index (κ3) is 3.90. The van der Waals surface area contributed by atoms with Crippen LogP contribution in [0, 0.1) is 13.8 Å². The Hall–Kier alpha value is -2.00. The van der Waals surface area contributed by atoms with Crippen LogP contribution in [0.1, 0.15) is 34.9 Å². The third-order valence-corrected chi connectivity index (χ3v) is 5.44. The van der Waals surface area contributed by atoms with Gasteiger partial charge in [0.15, 0.2) is 0 Å². The maximum absolute atomic E-state index is 4.06. The molecule has 0 saturated heterocycles. The van der Waals surface area contributed by atoms with Crippen molar-refractivity contribution in [1.82, 2.24) is 0 Å². The van der Waals surface area contributed by atoms with Crippen LogP contribution in [-0.4, -0.2) is 6.54 Å². The molecule has 3 heteroatoms. The number of benzene rings is 1. The summed E-state index contributed by atoms with van der Waals surface area (Å²) >= 11 is 1.89. The summed E-state index contributed by atoms with van der Waals surface area (Å²) in [5.41, 5.74) is 7.69. The number of fused-ring (bicyclic) bond motifs is 1. The van der Waals surface area contributed by atoms with Crippen LogP contribution in [-0.2, 0) is 13.0 Å². The summed E-state index contributed by atoms with van der Waals surface area (Å²) in [6.07, 6.45) is 2.12. The van der Waals surface area contributed by atoms with Gasteiger partial charge in [-0.15, -0.1) is 24.5 Å². The summed E-state index contributed by atoms with van der Waals surface area (Å²) in [7, 11) is 0. The van der Waals surface area contributed by atoms with Gasteiger partial charge in [-0.1, -0.05) is 13.5 Å². The van der Waals surface area contributed by atoms with Gasteiger partial charge in [-0.05, 0) is 67.0 Å². The maximum atomic E-state index is 4.06. The SMILES string of the molecule is C=C.C=C(CC)Nc1c(C)cc(N2CCc3sccc3C2)cc1C. The minimum absolute atomic E-state index is 0.952. The molecule has 3 rings (SSSR count). The standard InChI is InChI=1S/C19H24N2S.C2H4/c1-5-15(4)20-19-13(2)10-17(11-14(19)3)21-8-6-18-16(12-21)7-9-22-18;1-2/h7,9-11,20H,4-6,8,12H2,1-3H3;1-2H2. The van der Waals surface area contributed by atoms with E-state index in [2.05, 4.69) is 74.3 Å². The fourth-order valence-corrected chi connectivity index (χ4v) is 3.94. The van der Waals surface area contributed by atoms with Crippen molar-refractivity contribution in [1.29, 1.82) is 0 Å². The summed E-state index contributed by atoms with van der Waals surface area (Å²) in [5, 5.41) is 5.67. The normalized spacial score (nSPS) is 12.9. The zero-order valence-electron chi connectivity index (χ0n) is 15.1. The Morgan fingerprint density at radius 1 is 1.25 bits per heavy atom. The summed E-state index contributed by atoms with van der Waals surface area (Å²) in [5.74, 6) is 0. The molecule has 0 unspecified atom stereocenters. The molecule has 128 valence electrons. The first-order chi connectivity index (χ1) is 11.6. The molecule has 1 aromatic heterocycles. The molecule has 2 nitrogen and oxygen atoms in total. The minimum Gasteiger partial charge on any atom is -0.367 e. The second-order valence-corrected chi connectivity index (χ2v) is 7.08. The molecule has 0 atom stereocenters. The number of anilines is 2. The molecule has 0 bridgehead atoms. The van der Waals surface area contributed by atoms with Crippen LogP contribution in [0.15, 0.2) is 49.0 Å². The molecular weight excluding hydrogens is 312 g/mol. The zero-order valence-corrected chi connectivity index (χ0v) is 15.9. The lowest BCUT2D eigenvalue weighted by Crippen LogP contribution is -2.29. The number of allylic oxidation sites excluding steroid dienone is 1. The second kappa shape index (κ2) is 8.20. The summed E-state index contributed by atoms with van der Waals surface area (Å²) < 4.78 is 0. The quantitative estimate of drug-likeness (QED) is 0.680. The monoisotopic (exact) mass is 340 g/mol. The average Bonchev–Trinajstić information content (AvgIpc) is 3.07. The van der Waals surface area contributed by atoms with E-state index in [0.29, 0.717) is 0 Å². The molecular formula is C21H28N2S. The van der Waals surface area contributed by atoms with Crippen LogP contribution in [0.5, 0.6) is 0 Å². The minimum atomic E-state index is 0.952. The van der Waals surface area contributed by atoms with Gasteiger partial charge in [0.25, 0.3) is 0 Å². The summed E-state index contributed by atoms with van der Waals surface area (Å²) in [4.78, 5) is 4.05. The number of nitrogens with zero attached hydrogens (tertiary/aromatic N) is 1. The Labute approximate surface area is 150 Å². The first-order valence-electron chi connectivity index (χ1n) is 8.44. The van der Waals surface area contributed by atoms with Crippen LogP contribution in [0.25, 0.3) is 0 Å². The van der Waals surface area contributed by atoms with E-state index in [4.69, 9.17) is 0 Å². The Morgan fingerprint density at radius 3 is 2.54 bits per heavy atom. The highest BCUT2D eigenvalue weighted by Crippen LogP contribution is 2.32. The van der Waals surface area contributed by atoms with Gasteiger partial charge >= 0.3 is 0 Å². The van der Waals surface area contributed by atoms with E-state index in [0.717, 1.165) is 31.6 Å². The second-order valence-electron chi connectivity index (χ2n) is 6.08. The first kappa shape index (κ1) is 18.3. The third-order valence-electron chi connectivity index (χ3n) is 4.42. The van der Waals surface area contributed by atoms with Gasteiger partial charge in [0.1, 0.15) is 0 Å².